The molecule has 4 bridgehead atoms. The third-order valence-electron chi connectivity index (χ3n) is 5.66. The van der Waals surface area contributed by atoms with E-state index in [1.807, 2.05) is 18.3 Å². The molecule has 1 amide bonds. The van der Waals surface area contributed by atoms with Gasteiger partial charge < -0.3 is 16.4 Å². The topological polar surface area (TPSA) is 80.0 Å². The second-order valence-corrected chi connectivity index (χ2v) is 7.51. The first-order valence-electron chi connectivity index (χ1n) is 8.38. The van der Waals surface area contributed by atoms with Crippen LogP contribution in [-0.4, -0.2) is 23.0 Å². The number of aromatic nitrogens is 1. The summed E-state index contributed by atoms with van der Waals surface area (Å²) < 4.78 is 0. The first-order valence-corrected chi connectivity index (χ1v) is 8.38. The molecule has 118 valence electrons. The maximum absolute atomic E-state index is 11.3. The highest BCUT2D eigenvalue weighted by molar-refractivity contribution is 5.91. The molecule has 5 nitrogen and oxygen atoms in total. The fourth-order valence-electron chi connectivity index (χ4n) is 5.31. The summed E-state index contributed by atoms with van der Waals surface area (Å²) in [4.78, 5) is 15.6. The molecule has 1 aromatic heterocycles. The summed E-state index contributed by atoms with van der Waals surface area (Å²) in [5, 5.41) is 6.46. The van der Waals surface area contributed by atoms with Crippen molar-refractivity contribution in [3.63, 3.8) is 0 Å². The lowest BCUT2D eigenvalue weighted by molar-refractivity contribution is -0.114. The van der Waals surface area contributed by atoms with E-state index in [9.17, 15) is 4.79 Å². The zero-order chi connectivity index (χ0) is 15.2. The van der Waals surface area contributed by atoms with Gasteiger partial charge in [-0.2, -0.15) is 0 Å². The highest BCUT2D eigenvalue weighted by Gasteiger charge is 2.50. The van der Waals surface area contributed by atoms with E-state index in [1.165, 1.54) is 38.5 Å². The van der Waals surface area contributed by atoms with E-state index in [4.69, 9.17) is 5.73 Å². The number of pyridine rings is 1. The molecule has 1 aromatic rings. The Morgan fingerprint density at radius 1 is 1.18 bits per heavy atom. The van der Waals surface area contributed by atoms with Crippen molar-refractivity contribution in [2.75, 3.05) is 17.2 Å². The Morgan fingerprint density at radius 2 is 1.82 bits per heavy atom. The molecule has 4 aliphatic rings. The van der Waals surface area contributed by atoms with Crippen molar-refractivity contribution in [2.24, 2.45) is 23.5 Å². The Balaban J connectivity index is 1.46. The van der Waals surface area contributed by atoms with E-state index in [0.717, 1.165) is 23.4 Å². The number of hydrogen-bond donors (Lipinski definition) is 3. The number of nitrogens with two attached hydrogens (primary N) is 1. The van der Waals surface area contributed by atoms with Crippen molar-refractivity contribution < 1.29 is 4.79 Å². The van der Waals surface area contributed by atoms with Crippen molar-refractivity contribution in [1.82, 2.24) is 4.98 Å². The SMILES string of the molecule is NCC(=O)Nc1ccc(NC23CC4CC(CC(C4)C2)C3)cn1. The second-order valence-electron chi connectivity index (χ2n) is 7.51. The number of rotatable bonds is 4. The van der Waals surface area contributed by atoms with Gasteiger partial charge in [0, 0.05) is 5.54 Å². The summed E-state index contributed by atoms with van der Waals surface area (Å²) in [6.07, 6.45) is 10.1. The zero-order valence-corrected chi connectivity index (χ0v) is 12.8. The highest BCUT2D eigenvalue weighted by Crippen LogP contribution is 2.56. The van der Waals surface area contributed by atoms with Crippen molar-refractivity contribution in [3.05, 3.63) is 18.3 Å². The van der Waals surface area contributed by atoms with Crippen LogP contribution in [0.15, 0.2) is 18.3 Å². The van der Waals surface area contributed by atoms with E-state index in [0.29, 0.717) is 11.4 Å². The molecule has 0 radical (unpaired) electrons. The van der Waals surface area contributed by atoms with Crippen LogP contribution in [-0.2, 0) is 4.79 Å². The number of nitrogens with one attached hydrogen (secondary N) is 2. The molecule has 0 aromatic carbocycles. The van der Waals surface area contributed by atoms with Crippen LogP contribution in [0.4, 0.5) is 11.5 Å². The lowest BCUT2D eigenvalue weighted by atomic mass is 9.53. The number of anilines is 2. The van der Waals surface area contributed by atoms with Crippen LogP contribution in [0.2, 0.25) is 0 Å². The molecule has 0 unspecified atom stereocenters. The van der Waals surface area contributed by atoms with Gasteiger partial charge >= 0.3 is 0 Å². The Morgan fingerprint density at radius 3 is 2.32 bits per heavy atom. The second kappa shape index (κ2) is 5.23. The van der Waals surface area contributed by atoms with Gasteiger partial charge in [-0.05, 0) is 68.4 Å². The molecule has 0 spiro atoms. The van der Waals surface area contributed by atoms with Gasteiger partial charge in [-0.25, -0.2) is 4.98 Å². The maximum atomic E-state index is 11.3. The molecule has 5 rings (SSSR count). The zero-order valence-electron chi connectivity index (χ0n) is 12.8. The third kappa shape index (κ3) is 2.58. The number of amides is 1. The summed E-state index contributed by atoms with van der Waals surface area (Å²) in [7, 11) is 0. The normalized spacial score (nSPS) is 35.4. The van der Waals surface area contributed by atoms with Gasteiger partial charge in [-0.15, -0.1) is 0 Å². The summed E-state index contributed by atoms with van der Waals surface area (Å²) in [6.45, 7) is -0.0189. The van der Waals surface area contributed by atoms with E-state index in [2.05, 4.69) is 15.6 Å². The molecule has 0 atom stereocenters. The Kier molecular flexibility index (Phi) is 3.33. The predicted octanol–water partition coefficient (Wildman–Crippen LogP) is 2.36. The smallest absolute Gasteiger partial charge is 0.239 e. The Hall–Kier alpha value is -1.62. The predicted molar refractivity (Wildman–Crippen MR) is 86.4 cm³/mol. The van der Waals surface area contributed by atoms with Crippen molar-refractivity contribution in [1.29, 1.82) is 0 Å². The van der Waals surface area contributed by atoms with Crippen molar-refractivity contribution >= 4 is 17.4 Å². The Labute approximate surface area is 131 Å². The minimum Gasteiger partial charge on any atom is -0.378 e. The number of carbonyl (C=O) groups excluding carboxylic acids is 1. The van der Waals surface area contributed by atoms with Crippen LogP contribution in [0.1, 0.15) is 38.5 Å². The maximum Gasteiger partial charge on any atom is 0.239 e. The molecule has 22 heavy (non-hydrogen) atoms. The molecular weight excluding hydrogens is 276 g/mol. The lowest BCUT2D eigenvalue weighted by Gasteiger charge is -2.57. The van der Waals surface area contributed by atoms with Crippen LogP contribution in [0.5, 0.6) is 0 Å². The van der Waals surface area contributed by atoms with Crippen molar-refractivity contribution in [3.8, 4) is 0 Å². The van der Waals surface area contributed by atoms with Gasteiger partial charge in [0.2, 0.25) is 5.91 Å². The van der Waals surface area contributed by atoms with Gasteiger partial charge in [0.1, 0.15) is 5.82 Å². The number of hydrogen-bond acceptors (Lipinski definition) is 4. The molecule has 4 saturated carbocycles. The van der Waals surface area contributed by atoms with Crippen LogP contribution in [0.25, 0.3) is 0 Å². The largest absolute Gasteiger partial charge is 0.378 e. The fourth-order valence-corrected chi connectivity index (χ4v) is 5.31. The van der Waals surface area contributed by atoms with Gasteiger partial charge in [-0.3, -0.25) is 4.79 Å². The minimum absolute atomic E-state index is 0.0189. The monoisotopic (exact) mass is 300 g/mol. The molecular formula is C17H24N4O. The number of nitrogens with zero attached hydrogens (tertiary/aromatic N) is 1. The van der Waals surface area contributed by atoms with Crippen molar-refractivity contribution in [2.45, 2.75) is 44.1 Å². The van der Waals surface area contributed by atoms with E-state index in [-0.39, 0.29) is 12.5 Å². The molecule has 5 heteroatoms. The van der Waals surface area contributed by atoms with Crippen LogP contribution in [0, 0.1) is 17.8 Å². The van der Waals surface area contributed by atoms with Crippen LogP contribution < -0.4 is 16.4 Å². The summed E-state index contributed by atoms with van der Waals surface area (Å²) >= 11 is 0. The van der Waals surface area contributed by atoms with Gasteiger partial charge in [-0.1, -0.05) is 0 Å². The van der Waals surface area contributed by atoms with E-state index in [1.54, 1.807) is 0 Å². The molecule has 0 saturated heterocycles. The Bertz CT molecular complexity index is 533. The van der Waals surface area contributed by atoms with Crippen LogP contribution in [0.3, 0.4) is 0 Å². The summed E-state index contributed by atoms with van der Waals surface area (Å²) in [5.41, 5.74) is 6.65. The third-order valence-corrected chi connectivity index (χ3v) is 5.66. The highest BCUT2D eigenvalue weighted by atomic mass is 16.1. The lowest BCUT2D eigenvalue weighted by Crippen LogP contribution is -2.54. The van der Waals surface area contributed by atoms with Crippen LogP contribution >= 0.6 is 0 Å². The average Bonchev–Trinajstić information content (AvgIpc) is 2.47. The number of carbonyl (C=O) groups is 1. The molecule has 4 fully saturated rings. The van der Waals surface area contributed by atoms with Gasteiger partial charge in [0.05, 0.1) is 18.4 Å². The molecule has 4 N–H and O–H groups in total. The quantitative estimate of drug-likeness (QED) is 0.797. The minimum atomic E-state index is -0.214. The van der Waals surface area contributed by atoms with Gasteiger partial charge in [0.15, 0.2) is 0 Å². The molecule has 0 aliphatic heterocycles. The molecule has 4 aliphatic carbocycles. The first kappa shape index (κ1) is 14.0. The summed E-state index contributed by atoms with van der Waals surface area (Å²) in [5.74, 6) is 3.13. The summed E-state index contributed by atoms with van der Waals surface area (Å²) in [6, 6.07) is 3.86. The van der Waals surface area contributed by atoms with E-state index >= 15 is 0 Å². The molecule has 1 heterocycles. The van der Waals surface area contributed by atoms with Gasteiger partial charge in [0.25, 0.3) is 0 Å². The standard InChI is InChI=1S/C17H24N4O/c18-9-16(22)20-15-2-1-14(10-19-15)21-17-6-11-3-12(7-17)5-13(4-11)8-17/h1-2,10-13,21H,3-9,18H2,(H,19,20,22). The fraction of sp³-hybridized carbons (Fsp3) is 0.647. The van der Waals surface area contributed by atoms with E-state index < -0.39 is 0 Å². The average molecular weight is 300 g/mol. The first-order chi connectivity index (χ1) is 10.6.